The first kappa shape index (κ1) is 27.9. The van der Waals surface area contributed by atoms with E-state index in [-0.39, 0.29) is 21.1 Å². The van der Waals surface area contributed by atoms with Crippen molar-refractivity contribution in [2.45, 2.75) is 36.0 Å². The van der Waals surface area contributed by atoms with E-state index < -0.39 is 26.0 Å². The number of amides is 1. The summed E-state index contributed by atoms with van der Waals surface area (Å²) in [7, 11) is -6.27. The largest absolute Gasteiger partial charge is 0.496 e. The summed E-state index contributed by atoms with van der Waals surface area (Å²) in [5.74, 6) is -0.388. The molecule has 0 aliphatic carbocycles. The van der Waals surface area contributed by atoms with E-state index >= 15 is 0 Å². The molecule has 0 saturated carbocycles. The van der Waals surface area contributed by atoms with Crippen LogP contribution < -0.4 is 14.8 Å². The van der Waals surface area contributed by atoms with Gasteiger partial charge in [0, 0.05) is 23.8 Å². The van der Waals surface area contributed by atoms with E-state index in [2.05, 4.69) is 10.0 Å². The molecule has 0 unspecified atom stereocenters. The molecule has 0 atom stereocenters. The quantitative estimate of drug-likeness (QED) is 0.393. The molecule has 38 heavy (non-hydrogen) atoms. The number of piperidine rings is 1. The zero-order valence-corrected chi connectivity index (χ0v) is 23.3. The molecule has 9 nitrogen and oxygen atoms in total. The number of hydrogen-bond acceptors (Lipinski definition) is 6. The van der Waals surface area contributed by atoms with E-state index in [0.29, 0.717) is 35.1 Å². The molecule has 0 aromatic heterocycles. The van der Waals surface area contributed by atoms with Gasteiger partial charge < -0.3 is 10.1 Å². The lowest BCUT2D eigenvalue weighted by atomic mass is 10.2. The number of hydrogen-bond donors (Lipinski definition) is 2. The van der Waals surface area contributed by atoms with Gasteiger partial charge in [-0.3, -0.25) is 9.52 Å². The third-order valence-corrected chi connectivity index (χ3v) is 9.99. The Balaban J connectivity index is 1.53. The number of benzene rings is 3. The van der Waals surface area contributed by atoms with Gasteiger partial charge in [-0.25, -0.2) is 16.8 Å². The summed E-state index contributed by atoms with van der Waals surface area (Å²) in [6, 6.07) is 14.7. The highest BCUT2D eigenvalue weighted by atomic mass is 35.5. The number of anilines is 2. The Hall–Kier alpha value is -3.12. The van der Waals surface area contributed by atoms with Gasteiger partial charge in [-0.05, 0) is 79.9 Å². The Labute approximate surface area is 227 Å². The number of nitrogens with zero attached hydrogens (tertiary/aromatic N) is 1. The molecule has 3 aromatic carbocycles. The van der Waals surface area contributed by atoms with Crippen molar-refractivity contribution < 1.29 is 26.4 Å². The fourth-order valence-corrected chi connectivity index (χ4v) is 6.96. The maximum absolute atomic E-state index is 13.1. The minimum Gasteiger partial charge on any atom is -0.496 e. The predicted octanol–water partition coefficient (Wildman–Crippen LogP) is 4.88. The van der Waals surface area contributed by atoms with Crippen molar-refractivity contribution in [3.05, 3.63) is 76.8 Å². The van der Waals surface area contributed by atoms with Gasteiger partial charge in [0.05, 0.1) is 28.2 Å². The van der Waals surface area contributed by atoms with E-state index in [4.69, 9.17) is 16.3 Å². The third-order valence-electron chi connectivity index (χ3n) is 6.30. The van der Waals surface area contributed by atoms with Gasteiger partial charge in [0.2, 0.25) is 10.0 Å². The molecular weight excluding hydrogens is 550 g/mol. The first-order chi connectivity index (χ1) is 18.0. The highest BCUT2D eigenvalue weighted by Gasteiger charge is 2.28. The summed E-state index contributed by atoms with van der Waals surface area (Å²) >= 11 is 6.08. The van der Waals surface area contributed by atoms with E-state index in [9.17, 15) is 21.6 Å². The first-order valence-electron chi connectivity index (χ1n) is 11.9. The van der Waals surface area contributed by atoms with Crippen LogP contribution >= 0.6 is 11.6 Å². The summed E-state index contributed by atoms with van der Waals surface area (Å²) in [5.41, 5.74) is 1.32. The SMILES string of the molecule is COc1ccc(S(=O)(=O)N2CCCCC2)cc1C(=O)Nc1ccc(S(=O)(=O)Nc2cccc(Cl)c2C)cc1. The maximum atomic E-state index is 13.1. The monoisotopic (exact) mass is 577 g/mol. The van der Waals surface area contributed by atoms with Gasteiger partial charge in [-0.15, -0.1) is 0 Å². The fourth-order valence-electron chi connectivity index (χ4n) is 4.12. The van der Waals surface area contributed by atoms with Gasteiger partial charge in [0.25, 0.3) is 15.9 Å². The number of halogens is 1. The van der Waals surface area contributed by atoms with Crippen molar-refractivity contribution in [1.29, 1.82) is 0 Å². The number of ether oxygens (including phenoxy) is 1. The second kappa shape index (κ2) is 11.3. The second-order valence-corrected chi connectivity index (χ2v) is 12.9. The molecule has 12 heteroatoms. The summed E-state index contributed by atoms with van der Waals surface area (Å²) in [6.07, 6.45) is 2.57. The number of methoxy groups -OCH3 is 1. The van der Waals surface area contributed by atoms with Crippen LogP contribution in [0.3, 0.4) is 0 Å². The molecule has 3 aromatic rings. The lowest BCUT2D eigenvalue weighted by molar-refractivity contribution is 0.102. The molecule has 0 bridgehead atoms. The van der Waals surface area contributed by atoms with Crippen LogP contribution in [0.5, 0.6) is 5.75 Å². The van der Waals surface area contributed by atoms with Gasteiger partial charge >= 0.3 is 0 Å². The van der Waals surface area contributed by atoms with Crippen molar-refractivity contribution >= 4 is 48.9 Å². The number of nitrogens with one attached hydrogen (secondary N) is 2. The number of rotatable bonds is 8. The second-order valence-electron chi connectivity index (χ2n) is 8.82. The van der Waals surface area contributed by atoms with E-state index in [1.165, 1.54) is 53.9 Å². The Bertz CT molecular complexity index is 1550. The van der Waals surface area contributed by atoms with Crippen LogP contribution in [0, 0.1) is 6.92 Å². The maximum Gasteiger partial charge on any atom is 0.261 e. The van der Waals surface area contributed by atoms with E-state index in [1.807, 2.05) is 0 Å². The molecule has 1 saturated heterocycles. The van der Waals surface area contributed by atoms with Gasteiger partial charge in [0.15, 0.2) is 0 Å². The van der Waals surface area contributed by atoms with Crippen LogP contribution in [0.15, 0.2) is 70.5 Å². The molecule has 4 rings (SSSR count). The molecule has 1 amide bonds. The van der Waals surface area contributed by atoms with Crippen LogP contribution in [0.4, 0.5) is 11.4 Å². The van der Waals surface area contributed by atoms with Crippen molar-refractivity contribution in [1.82, 2.24) is 4.31 Å². The average molecular weight is 578 g/mol. The minimum atomic E-state index is -3.91. The molecular formula is C26H28ClN3O6S2. The molecule has 1 fully saturated rings. The summed E-state index contributed by atoms with van der Waals surface area (Å²) in [6.45, 7) is 2.59. The standard InChI is InChI=1S/C26H28ClN3O6S2/c1-18-23(27)7-6-8-24(18)29-37(32,33)20-11-9-19(10-12-20)28-26(31)22-17-21(13-14-25(22)36-2)38(34,35)30-15-4-3-5-16-30/h6-14,17,29H,3-5,15-16H2,1-2H3,(H,28,31). The lowest BCUT2D eigenvalue weighted by Gasteiger charge is -2.26. The van der Waals surface area contributed by atoms with Crippen LogP contribution in [-0.2, 0) is 20.0 Å². The topological polar surface area (TPSA) is 122 Å². The average Bonchev–Trinajstić information content (AvgIpc) is 2.91. The summed E-state index contributed by atoms with van der Waals surface area (Å²) in [4.78, 5) is 13.1. The molecule has 1 aliphatic rings. The molecule has 202 valence electrons. The number of carbonyl (C=O) groups excluding carboxylic acids is 1. The zero-order chi connectivity index (χ0) is 27.5. The molecule has 2 N–H and O–H groups in total. The highest BCUT2D eigenvalue weighted by molar-refractivity contribution is 7.92. The van der Waals surface area contributed by atoms with Crippen molar-refractivity contribution in [2.24, 2.45) is 0 Å². The third kappa shape index (κ3) is 5.96. The predicted molar refractivity (Wildman–Crippen MR) is 147 cm³/mol. The van der Waals surface area contributed by atoms with Crippen molar-refractivity contribution in [3.8, 4) is 5.75 Å². The summed E-state index contributed by atoms with van der Waals surface area (Å²) in [5, 5.41) is 3.11. The van der Waals surface area contributed by atoms with E-state index in [1.54, 1.807) is 25.1 Å². The normalized spacial score (nSPS) is 14.6. The van der Waals surface area contributed by atoms with Crippen LogP contribution in [-0.4, -0.2) is 47.2 Å². The molecule has 0 spiro atoms. The number of carbonyl (C=O) groups is 1. The minimum absolute atomic E-state index is 0.00849. The Kier molecular flexibility index (Phi) is 8.31. The number of sulfonamides is 2. The Morgan fingerprint density at radius 2 is 1.58 bits per heavy atom. The summed E-state index contributed by atoms with van der Waals surface area (Å²) < 4.78 is 61.1. The zero-order valence-electron chi connectivity index (χ0n) is 20.9. The molecule has 1 heterocycles. The Morgan fingerprint density at radius 1 is 0.921 bits per heavy atom. The first-order valence-corrected chi connectivity index (χ1v) is 15.2. The molecule has 0 radical (unpaired) electrons. The Morgan fingerprint density at radius 3 is 2.24 bits per heavy atom. The van der Waals surface area contributed by atoms with Crippen molar-refractivity contribution in [2.75, 3.05) is 30.2 Å². The van der Waals surface area contributed by atoms with E-state index in [0.717, 1.165) is 19.3 Å². The smallest absolute Gasteiger partial charge is 0.261 e. The van der Waals surface area contributed by atoms with Gasteiger partial charge in [-0.1, -0.05) is 24.1 Å². The lowest BCUT2D eigenvalue weighted by Crippen LogP contribution is -2.35. The highest BCUT2D eigenvalue weighted by Crippen LogP contribution is 2.28. The van der Waals surface area contributed by atoms with Crippen LogP contribution in [0.1, 0.15) is 35.2 Å². The van der Waals surface area contributed by atoms with Crippen LogP contribution in [0.2, 0.25) is 5.02 Å². The van der Waals surface area contributed by atoms with Crippen molar-refractivity contribution in [3.63, 3.8) is 0 Å². The van der Waals surface area contributed by atoms with Gasteiger partial charge in [0.1, 0.15) is 5.75 Å². The van der Waals surface area contributed by atoms with Crippen LogP contribution in [0.25, 0.3) is 0 Å². The molecule has 1 aliphatic heterocycles. The fraction of sp³-hybridized carbons (Fsp3) is 0.269. The van der Waals surface area contributed by atoms with Gasteiger partial charge in [-0.2, -0.15) is 4.31 Å².